The van der Waals surface area contributed by atoms with Crippen LogP contribution in [0.15, 0.2) is 48.7 Å². The Morgan fingerprint density at radius 2 is 1.97 bits per heavy atom. The minimum Gasteiger partial charge on any atom is -0.478 e. The molecule has 2 saturated heterocycles. The fourth-order valence-corrected chi connectivity index (χ4v) is 5.78. The van der Waals surface area contributed by atoms with Crippen LogP contribution < -0.4 is 15.0 Å². The van der Waals surface area contributed by atoms with Crippen molar-refractivity contribution in [1.82, 2.24) is 20.5 Å². The number of hydrogen-bond donors (Lipinski definition) is 1. The van der Waals surface area contributed by atoms with Crippen LogP contribution in [-0.2, 0) is 4.79 Å². The van der Waals surface area contributed by atoms with Gasteiger partial charge in [0.25, 0.3) is 0 Å². The fourth-order valence-electron chi connectivity index (χ4n) is 5.78. The van der Waals surface area contributed by atoms with Gasteiger partial charge in [-0.05, 0) is 62.1 Å². The van der Waals surface area contributed by atoms with Crippen molar-refractivity contribution in [3.8, 4) is 11.9 Å². The average Bonchev–Trinajstić information content (AvgIpc) is 3.40. The zero-order valence-corrected chi connectivity index (χ0v) is 21.7. The number of hydrogen-bond acceptors (Lipinski definition) is 8. The maximum atomic E-state index is 14.3. The Morgan fingerprint density at radius 1 is 1.15 bits per heavy atom. The van der Waals surface area contributed by atoms with E-state index in [1.54, 1.807) is 18.2 Å². The Labute approximate surface area is 226 Å². The summed E-state index contributed by atoms with van der Waals surface area (Å²) in [6.07, 6.45) is 3.15. The normalized spacial score (nSPS) is 21.5. The van der Waals surface area contributed by atoms with E-state index >= 15 is 0 Å². The number of anilines is 1. The molecule has 2 fully saturated rings. The second-order valence-corrected chi connectivity index (χ2v) is 10.3. The molecule has 0 unspecified atom stereocenters. The molecular formula is C29H30F2N6O2. The number of ketones is 1. The van der Waals surface area contributed by atoms with Gasteiger partial charge in [-0.2, -0.15) is 10.4 Å². The lowest BCUT2D eigenvalue weighted by Crippen LogP contribution is -2.46. The molecule has 0 aliphatic carbocycles. The Morgan fingerprint density at radius 3 is 2.64 bits per heavy atom. The second kappa shape index (κ2) is 11.4. The lowest BCUT2D eigenvalue weighted by atomic mass is 9.65. The van der Waals surface area contributed by atoms with Crippen molar-refractivity contribution in [2.75, 3.05) is 37.7 Å². The summed E-state index contributed by atoms with van der Waals surface area (Å²) in [5.74, 6) is -1.08. The lowest BCUT2D eigenvalue weighted by Gasteiger charge is -2.39. The SMILES string of the molecule is Cc1ccc(N2CCC(C(=O)[C@@]3(CCOc4ccc(C#N)cn4)CNC[C@H]3c3ccc(F)c(F)c3)CC2)nn1. The summed E-state index contributed by atoms with van der Waals surface area (Å²) in [6, 6.07) is 13.0. The molecule has 202 valence electrons. The van der Waals surface area contributed by atoms with Gasteiger partial charge in [0.15, 0.2) is 17.5 Å². The predicted molar refractivity (Wildman–Crippen MR) is 140 cm³/mol. The number of nitrogens with one attached hydrogen (secondary N) is 1. The number of halogens is 2. The first-order valence-electron chi connectivity index (χ1n) is 13.1. The Bertz CT molecular complexity index is 1350. The van der Waals surface area contributed by atoms with Gasteiger partial charge in [-0.15, -0.1) is 5.10 Å². The molecule has 1 N–H and O–H groups in total. The number of pyridine rings is 1. The van der Waals surface area contributed by atoms with Gasteiger partial charge in [0.05, 0.1) is 23.3 Å². The molecule has 2 aromatic heterocycles. The molecule has 3 aromatic rings. The van der Waals surface area contributed by atoms with E-state index < -0.39 is 17.0 Å². The quantitative estimate of drug-likeness (QED) is 0.465. The minimum absolute atomic E-state index is 0.119. The lowest BCUT2D eigenvalue weighted by molar-refractivity contribution is -0.134. The van der Waals surface area contributed by atoms with Gasteiger partial charge in [0, 0.05) is 50.3 Å². The topological polar surface area (TPSA) is 104 Å². The van der Waals surface area contributed by atoms with Gasteiger partial charge in [0.1, 0.15) is 11.9 Å². The number of piperidine rings is 1. The van der Waals surface area contributed by atoms with Gasteiger partial charge in [0.2, 0.25) is 5.88 Å². The van der Waals surface area contributed by atoms with Crippen LogP contribution in [0.2, 0.25) is 0 Å². The molecule has 0 bridgehead atoms. The molecule has 10 heteroatoms. The molecule has 0 amide bonds. The maximum absolute atomic E-state index is 14.3. The van der Waals surface area contributed by atoms with E-state index in [1.807, 2.05) is 25.1 Å². The summed E-state index contributed by atoms with van der Waals surface area (Å²) in [5.41, 5.74) is 1.01. The van der Waals surface area contributed by atoms with Crippen molar-refractivity contribution < 1.29 is 18.3 Å². The molecule has 5 rings (SSSR count). The molecule has 39 heavy (non-hydrogen) atoms. The number of ether oxygens (including phenoxy) is 1. The Balaban J connectivity index is 1.36. The summed E-state index contributed by atoms with van der Waals surface area (Å²) >= 11 is 0. The van der Waals surface area contributed by atoms with E-state index in [-0.39, 0.29) is 24.2 Å². The van der Waals surface area contributed by atoms with E-state index in [1.165, 1.54) is 12.3 Å². The number of nitriles is 1. The highest BCUT2D eigenvalue weighted by Gasteiger charge is 2.51. The maximum Gasteiger partial charge on any atom is 0.213 e. The molecule has 2 atom stereocenters. The van der Waals surface area contributed by atoms with Crippen molar-refractivity contribution in [3.05, 3.63) is 77.1 Å². The van der Waals surface area contributed by atoms with E-state index in [0.717, 1.165) is 17.6 Å². The van der Waals surface area contributed by atoms with Gasteiger partial charge in [-0.3, -0.25) is 4.79 Å². The molecule has 0 saturated carbocycles. The first-order chi connectivity index (χ1) is 18.9. The first-order valence-corrected chi connectivity index (χ1v) is 13.1. The molecule has 4 heterocycles. The molecule has 1 aromatic carbocycles. The van der Waals surface area contributed by atoms with E-state index in [4.69, 9.17) is 10.00 Å². The molecule has 0 spiro atoms. The van der Waals surface area contributed by atoms with Crippen LogP contribution in [0.1, 0.15) is 42.0 Å². The smallest absolute Gasteiger partial charge is 0.213 e. The van der Waals surface area contributed by atoms with Gasteiger partial charge < -0.3 is 15.0 Å². The highest BCUT2D eigenvalue weighted by atomic mass is 19.2. The standard InChI is InChI=1S/C29H30F2N6O2/c1-19-2-6-26(36-35-19)37-11-8-21(9-12-37)28(38)29(10-13-39-27-7-3-20(15-32)16-34-27)18-33-17-23(29)22-4-5-24(30)25(31)14-22/h2-7,14,16,21,23,33H,8-13,17-18H2,1H3/t23-,29-/m0/s1. The van der Waals surface area contributed by atoms with Crippen molar-refractivity contribution >= 4 is 11.6 Å². The van der Waals surface area contributed by atoms with Crippen LogP contribution in [0.25, 0.3) is 0 Å². The van der Waals surface area contributed by atoms with Crippen LogP contribution in [-0.4, -0.2) is 53.8 Å². The number of Topliss-reactive ketones (excluding diaryl/α,β-unsaturated/α-hetero) is 1. The average molecular weight is 533 g/mol. The molecule has 2 aliphatic rings. The summed E-state index contributed by atoms with van der Waals surface area (Å²) in [7, 11) is 0. The predicted octanol–water partition coefficient (Wildman–Crippen LogP) is 3.96. The zero-order chi connectivity index (χ0) is 27.4. The van der Waals surface area contributed by atoms with Crippen molar-refractivity contribution in [2.24, 2.45) is 11.3 Å². The Hall–Kier alpha value is -3.97. The highest BCUT2D eigenvalue weighted by molar-refractivity contribution is 5.89. The Kier molecular flexibility index (Phi) is 7.79. The van der Waals surface area contributed by atoms with Gasteiger partial charge >= 0.3 is 0 Å². The highest BCUT2D eigenvalue weighted by Crippen LogP contribution is 2.46. The monoisotopic (exact) mass is 532 g/mol. The molecule has 8 nitrogen and oxygen atoms in total. The summed E-state index contributed by atoms with van der Waals surface area (Å²) in [5, 5.41) is 20.8. The van der Waals surface area contributed by atoms with E-state index in [0.29, 0.717) is 62.4 Å². The second-order valence-electron chi connectivity index (χ2n) is 10.3. The number of aryl methyl sites for hydroxylation is 1. The zero-order valence-electron chi connectivity index (χ0n) is 21.7. The van der Waals surface area contributed by atoms with Crippen molar-refractivity contribution in [1.29, 1.82) is 5.26 Å². The van der Waals surface area contributed by atoms with Crippen LogP contribution in [0.3, 0.4) is 0 Å². The van der Waals surface area contributed by atoms with E-state index in [2.05, 4.69) is 25.4 Å². The number of nitrogens with zero attached hydrogens (tertiary/aromatic N) is 5. The van der Waals surface area contributed by atoms with Crippen LogP contribution in [0.5, 0.6) is 5.88 Å². The van der Waals surface area contributed by atoms with Crippen LogP contribution >= 0.6 is 0 Å². The summed E-state index contributed by atoms with van der Waals surface area (Å²) in [4.78, 5) is 20.6. The number of carbonyl (C=O) groups excluding carboxylic acids is 1. The number of benzene rings is 1. The molecule has 0 radical (unpaired) electrons. The van der Waals surface area contributed by atoms with Crippen molar-refractivity contribution in [3.63, 3.8) is 0 Å². The number of aromatic nitrogens is 3. The fraction of sp³-hybridized carbons (Fsp3) is 0.414. The summed E-state index contributed by atoms with van der Waals surface area (Å²) in [6.45, 7) is 4.36. The number of carbonyl (C=O) groups is 1. The molecular weight excluding hydrogens is 502 g/mol. The van der Waals surface area contributed by atoms with Gasteiger partial charge in [-0.25, -0.2) is 13.8 Å². The summed E-state index contributed by atoms with van der Waals surface area (Å²) < 4.78 is 33.9. The largest absolute Gasteiger partial charge is 0.478 e. The number of rotatable bonds is 8. The van der Waals surface area contributed by atoms with Gasteiger partial charge in [-0.1, -0.05) is 6.07 Å². The van der Waals surface area contributed by atoms with Crippen LogP contribution in [0, 0.1) is 41.2 Å². The first kappa shape index (κ1) is 26.6. The van der Waals surface area contributed by atoms with E-state index in [9.17, 15) is 13.6 Å². The van der Waals surface area contributed by atoms with Crippen LogP contribution in [0.4, 0.5) is 14.6 Å². The van der Waals surface area contributed by atoms with Crippen molar-refractivity contribution in [2.45, 2.75) is 32.1 Å². The molecule has 2 aliphatic heterocycles. The third-order valence-electron chi connectivity index (χ3n) is 7.93. The third kappa shape index (κ3) is 5.59. The third-order valence-corrected chi connectivity index (χ3v) is 7.93. The minimum atomic E-state index is -0.925.